The van der Waals surface area contributed by atoms with Crippen LogP contribution in [-0.2, 0) is 0 Å². The van der Waals surface area contributed by atoms with Crippen LogP contribution in [0.4, 0.5) is 21.7 Å². The smallest absolute Gasteiger partial charge is 0.151 e. The Morgan fingerprint density at radius 2 is 1.95 bits per heavy atom. The molecule has 0 bridgehead atoms. The first kappa shape index (κ1) is 15.4. The SMILES string of the molecule is CCNc1nc(Nc2ccc(F)c(C#N)c2)c(Cl)cc1Cl. The van der Waals surface area contributed by atoms with Gasteiger partial charge in [0.2, 0.25) is 0 Å². The summed E-state index contributed by atoms with van der Waals surface area (Å²) in [6.07, 6.45) is 0. The van der Waals surface area contributed by atoms with Gasteiger partial charge in [0, 0.05) is 12.2 Å². The highest BCUT2D eigenvalue weighted by Crippen LogP contribution is 2.31. The summed E-state index contributed by atoms with van der Waals surface area (Å²) in [5.41, 5.74) is 0.448. The quantitative estimate of drug-likeness (QED) is 0.864. The Bertz CT molecular complexity index is 713. The number of benzene rings is 1. The van der Waals surface area contributed by atoms with Crippen molar-refractivity contribution >= 4 is 40.5 Å². The first-order chi connectivity index (χ1) is 10.0. The van der Waals surface area contributed by atoms with Crippen LogP contribution in [0, 0.1) is 17.1 Å². The maximum atomic E-state index is 13.3. The van der Waals surface area contributed by atoms with Gasteiger partial charge in [-0.2, -0.15) is 5.26 Å². The van der Waals surface area contributed by atoms with Crippen molar-refractivity contribution in [3.8, 4) is 6.07 Å². The number of hydrogen-bond acceptors (Lipinski definition) is 4. The van der Waals surface area contributed by atoms with Gasteiger partial charge >= 0.3 is 0 Å². The molecule has 0 radical (unpaired) electrons. The molecule has 0 aliphatic carbocycles. The summed E-state index contributed by atoms with van der Waals surface area (Å²) in [4.78, 5) is 4.27. The van der Waals surface area contributed by atoms with Crippen molar-refractivity contribution in [2.24, 2.45) is 0 Å². The second kappa shape index (κ2) is 6.61. The lowest BCUT2D eigenvalue weighted by molar-refractivity contribution is 0.624. The molecule has 0 aliphatic heterocycles. The third-order valence-corrected chi connectivity index (χ3v) is 3.20. The van der Waals surface area contributed by atoms with Gasteiger partial charge in [0.25, 0.3) is 0 Å². The lowest BCUT2D eigenvalue weighted by Crippen LogP contribution is -2.03. The summed E-state index contributed by atoms with van der Waals surface area (Å²) in [7, 11) is 0. The predicted molar refractivity (Wildman–Crippen MR) is 82.8 cm³/mol. The number of pyridine rings is 1. The van der Waals surface area contributed by atoms with Crippen LogP contribution >= 0.6 is 23.2 Å². The van der Waals surface area contributed by atoms with Crippen LogP contribution in [0.5, 0.6) is 0 Å². The number of hydrogen-bond donors (Lipinski definition) is 2. The lowest BCUT2D eigenvalue weighted by atomic mass is 10.2. The molecule has 0 spiro atoms. The molecule has 1 heterocycles. The van der Waals surface area contributed by atoms with Gasteiger partial charge in [0.15, 0.2) is 5.82 Å². The molecule has 1 aromatic carbocycles. The topological polar surface area (TPSA) is 60.7 Å². The molecule has 7 heteroatoms. The molecule has 0 fully saturated rings. The number of anilines is 3. The van der Waals surface area contributed by atoms with Gasteiger partial charge < -0.3 is 10.6 Å². The maximum Gasteiger partial charge on any atom is 0.151 e. The summed E-state index contributed by atoms with van der Waals surface area (Å²) in [6.45, 7) is 2.57. The zero-order valence-corrected chi connectivity index (χ0v) is 12.6. The van der Waals surface area contributed by atoms with Crippen LogP contribution in [0.2, 0.25) is 10.0 Å². The molecular formula is C14H11Cl2FN4. The van der Waals surface area contributed by atoms with E-state index in [4.69, 9.17) is 28.5 Å². The minimum Gasteiger partial charge on any atom is -0.369 e. The fourth-order valence-electron chi connectivity index (χ4n) is 1.67. The van der Waals surface area contributed by atoms with E-state index in [9.17, 15) is 4.39 Å². The van der Waals surface area contributed by atoms with E-state index in [-0.39, 0.29) is 5.56 Å². The van der Waals surface area contributed by atoms with E-state index in [0.717, 1.165) is 0 Å². The Hall–Kier alpha value is -2.03. The highest BCUT2D eigenvalue weighted by atomic mass is 35.5. The van der Waals surface area contributed by atoms with Crippen LogP contribution in [0.25, 0.3) is 0 Å². The third-order valence-electron chi connectivity index (χ3n) is 2.62. The molecular weight excluding hydrogens is 314 g/mol. The van der Waals surface area contributed by atoms with E-state index in [1.165, 1.54) is 18.2 Å². The van der Waals surface area contributed by atoms with Crippen molar-refractivity contribution in [3.63, 3.8) is 0 Å². The van der Waals surface area contributed by atoms with Gasteiger partial charge in [-0.05, 0) is 31.2 Å². The molecule has 108 valence electrons. The number of nitrogens with zero attached hydrogens (tertiary/aromatic N) is 2. The lowest BCUT2D eigenvalue weighted by Gasteiger charge is -2.12. The Morgan fingerprint density at radius 1 is 1.24 bits per heavy atom. The van der Waals surface area contributed by atoms with Gasteiger partial charge in [-0.3, -0.25) is 0 Å². The van der Waals surface area contributed by atoms with E-state index < -0.39 is 5.82 Å². The maximum absolute atomic E-state index is 13.3. The highest BCUT2D eigenvalue weighted by Gasteiger charge is 2.10. The first-order valence-corrected chi connectivity index (χ1v) is 6.87. The molecule has 1 aromatic heterocycles. The molecule has 0 amide bonds. The second-order valence-electron chi connectivity index (χ2n) is 4.11. The fourth-order valence-corrected chi connectivity index (χ4v) is 2.14. The predicted octanol–water partition coefficient (Wildman–Crippen LogP) is 4.57. The average Bonchev–Trinajstić information content (AvgIpc) is 2.46. The minimum absolute atomic E-state index is 0.0583. The summed E-state index contributed by atoms with van der Waals surface area (Å²) >= 11 is 12.1. The number of aromatic nitrogens is 1. The van der Waals surface area contributed by atoms with Crippen LogP contribution in [-0.4, -0.2) is 11.5 Å². The van der Waals surface area contributed by atoms with Crippen LogP contribution < -0.4 is 10.6 Å². The number of nitrogens with one attached hydrogen (secondary N) is 2. The number of halogens is 3. The number of nitriles is 1. The van der Waals surface area contributed by atoms with Gasteiger partial charge in [-0.1, -0.05) is 23.2 Å². The van der Waals surface area contributed by atoms with Gasteiger partial charge in [0.05, 0.1) is 15.6 Å². The van der Waals surface area contributed by atoms with Gasteiger partial charge in [0.1, 0.15) is 17.7 Å². The normalized spacial score (nSPS) is 10.0. The Balaban J connectivity index is 2.35. The highest BCUT2D eigenvalue weighted by molar-refractivity contribution is 6.37. The van der Waals surface area contributed by atoms with E-state index in [1.807, 2.05) is 6.92 Å². The summed E-state index contributed by atoms with van der Waals surface area (Å²) in [5, 5.41) is 15.5. The molecule has 0 atom stereocenters. The Kier molecular flexibility index (Phi) is 4.84. The Morgan fingerprint density at radius 3 is 2.62 bits per heavy atom. The van der Waals surface area contributed by atoms with E-state index in [1.54, 1.807) is 12.1 Å². The third kappa shape index (κ3) is 3.54. The van der Waals surface area contributed by atoms with Crippen molar-refractivity contribution in [2.75, 3.05) is 17.2 Å². The summed E-state index contributed by atoms with van der Waals surface area (Å²) in [5.74, 6) is 0.285. The minimum atomic E-state index is -0.577. The molecule has 0 saturated carbocycles. The average molecular weight is 325 g/mol. The largest absolute Gasteiger partial charge is 0.369 e. The monoisotopic (exact) mass is 324 g/mol. The fraction of sp³-hybridized carbons (Fsp3) is 0.143. The first-order valence-electron chi connectivity index (χ1n) is 6.11. The standard InChI is InChI=1S/C14H11Cl2FN4/c1-2-19-13-10(15)6-11(16)14(21-13)20-9-3-4-12(17)8(5-9)7-18/h3-6H,2H2,1H3,(H2,19,20,21). The van der Waals surface area contributed by atoms with Crippen molar-refractivity contribution in [1.82, 2.24) is 4.98 Å². The zero-order valence-electron chi connectivity index (χ0n) is 11.0. The molecule has 4 nitrogen and oxygen atoms in total. The molecule has 2 aromatic rings. The van der Waals surface area contributed by atoms with E-state index in [2.05, 4.69) is 15.6 Å². The van der Waals surface area contributed by atoms with Crippen molar-refractivity contribution < 1.29 is 4.39 Å². The summed E-state index contributed by atoms with van der Waals surface area (Å²) in [6, 6.07) is 7.42. The zero-order chi connectivity index (χ0) is 15.4. The molecule has 21 heavy (non-hydrogen) atoms. The van der Waals surface area contributed by atoms with E-state index >= 15 is 0 Å². The van der Waals surface area contributed by atoms with Gasteiger partial charge in [-0.25, -0.2) is 9.37 Å². The van der Waals surface area contributed by atoms with Crippen LogP contribution in [0.1, 0.15) is 12.5 Å². The van der Waals surface area contributed by atoms with Crippen molar-refractivity contribution in [3.05, 3.63) is 45.7 Å². The Labute approximate surface area is 131 Å². The molecule has 0 saturated heterocycles. The van der Waals surface area contributed by atoms with Crippen molar-refractivity contribution in [2.45, 2.75) is 6.92 Å². The van der Waals surface area contributed by atoms with E-state index in [0.29, 0.717) is 33.9 Å². The summed E-state index contributed by atoms with van der Waals surface area (Å²) < 4.78 is 13.3. The van der Waals surface area contributed by atoms with Crippen LogP contribution in [0.15, 0.2) is 24.3 Å². The van der Waals surface area contributed by atoms with Gasteiger partial charge in [-0.15, -0.1) is 0 Å². The second-order valence-corrected chi connectivity index (χ2v) is 4.93. The van der Waals surface area contributed by atoms with Crippen LogP contribution in [0.3, 0.4) is 0 Å². The van der Waals surface area contributed by atoms with Crippen molar-refractivity contribution in [1.29, 1.82) is 5.26 Å². The molecule has 0 unspecified atom stereocenters. The number of rotatable bonds is 4. The molecule has 2 rings (SSSR count). The molecule has 0 aliphatic rings. The molecule has 2 N–H and O–H groups in total.